The van der Waals surface area contributed by atoms with Crippen LogP contribution in [-0.2, 0) is 0 Å². The van der Waals surface area contributed by atoms with Crippen molar-refractivity contribution in [2.75, 3.05) is 6.61 Å². The summed E-state index contributed by atoms with van der Waals surface area (Å²) in [5.41, 5.74) is 7.36. The topological polar surface area (TPSA) is 61.0 Å². The molecule has 92 valence electrons. The molecule has 0 spiro atoms. The first-order valence-electron chi connectivity index (χ1n) is 5.74. The molecular formula is C13H13N3OS. The van der Waals surface area contributed by atoms with E-state index in [2.05, 4.69) is 9.97 Å². The van der Waals surface area contributed by atoms with Gasteiger partial charge in [0, 0.05) is 17.8 Å². The van der Waals surface area contributed by atoms with Crippen molar-refractivity contribution in [3.05, 3.63) is 48.4 Å². The Balaban J connectivity index is 1.81. The number of ether oxygens (including phenoxy) is 1. The summed E-state index contributed by atoms with van der Waals surface area (Å²) in [6, 6.07) is 9.78. The zero-order chi connectivity index (χ0) is 12.4. The lowest BCUT2D eigenvalue weighted by molar-refractivity contribution is 0.276. The zero-order valence-electron chi connectivity index (χ0n) is 9.69. The molecule has 1 aliphatic heterocycles. The van der Waals surface area contributed by atoms with Crippen LogP contribution in [0.1, 0.15) is 11.6 Å². The molecule has 0 amide bonds. The van der Waals surface area contributed by atoms with Gasteiger partial charge < -0.3 is 10.5 Å². The van der Waals surface area contributed by atoms with E-state index >= 15 is 0 Å². The van der Waals surface area contributed by atoms with E-state index in [9.17, 15) is 0 Å². The van der Waals surface area contributed by atoms with Crippen LogP contribution < -0.4 is 10.5 Å². The Morgan fingerprint density at radius 3 is 3.00 bits per heavy atom. The second kappa shape index (κ2) is 4.96. The number of aromatic nitrogens is 2. The van der Waals surface area contributed by atoms with Crippen LogP contribution in [0.5, 0.6) is 5.75 Å². The van der Waals surface area contributed by atoms with Gasteiger partial charge in [-0.2, -0.15) is 0 Å². The Kier molecular flexibility index (Phi) is 3.17. The van der Waals surface area contributed by atoms with Gasteiger partial charge in [0.05, 0.1) is 10.3 Å². The van der Waals surface area contributed by atoms with Gasteiger partial charge in [0.1, 0.15) is 18.7 Å². The van der Waals surface area contributed by atoms with Gasteiger partial charge in [0.2, 0.25) is 0 Å². The van der Waals surface area contributed by atoms with Crippen molar-refractivity contribution < 1.29 is 4.74 Å². The molecule has 0 fully saturated rings. The third kappa shape index (κ3) is 2.19. The summed E-state index contributed by atoms with van der Waals surface area (Å²) in [7, 11) is 0. The summed E-state index contributed by atoms with van der Waals surface area (Å²) in [6.45, 7) is 0.604. The van der Waals surface area contributed by atoms with Crippen molar-refractivity contribution in [1.29, 1.82) is 0 Å². The SMILES string of the molecule is NC1c2ccccc2OCC1Sc1ccncn1. The molecule has 2 N–H and O–H groups in total. The molecule has 0 bridgehead atoms. The average molecular weight is 259 g/mol. The van der Waals surface area contributed by atoms with Gasteiger partial charge in [-0.3, -0.25) is 0 Å². The van der Waals surface area contributed by atoms with E-state index in [1.54, 1.807) is 24.3 Å². The molecule has 0 radical (unpaired) electrons. The van der Waals surface area contributed by atoms with E-state index in [0.29, 0.717) is 6.61 Å². The van der Waals surface area contributed by atoms with Crippen molar-refractivity contribution in [3.63, 3.8) is 0 Å². The lowest BCUT2D eigenvalue weighted by atomic mass is 10.0. The van der Waals surface area contributed by atoms with Gasteiger partial charge in [-0.15, -0.1) is 0 Å². The molecule has 0 saturated carbocycles. The number of nitrogens with zero attached hydrogens (tertiary/aromatic N) is 2. The van der Waals surface area contributed by atoms with Crippen LogP contribution in [0, 0.1) is 0 Å². The first kappa shape index (κ1) is 11.5. The average Bonchev–Trinajstić information content (AvgIpc) is 2.43. The number of hydrogen-bond acceptors (Lipinski definition) is 5. The Bertz CT molecular complexity index is 535. The maximum absolute atomic E-state index is 6.29. The normalized spacial score (nSPS) is 22.1. The van der Waals surface area contributed by atoms with Crippen LogP contribution in [0.25, 0.3) is 0 Å². The molecule has 18 heavy (non-hydrogen) atoms. The summed E-state index contributed by atoms with van der Waals surface area (Å²) in [5, 5.41) is 1.10. The smallest absolute Gasteiger partial charge is 0.124 e. The highest BCUT2D eigenvalue weighted by molar-refractivity contribution is 7.99. The number of hydrogen-bond donors (Lipinski definition) is 1. The number of rotatable bonds is 2. The van der Waals surface area contributed by atoms with E-state index in [4.69, 9.17) is 10.5 Å². The molecule has 3 rings (SSSR count). The minimum absolute atomic E-state index is 0.0325. The molecular weight excluding hydrogens is 246 g/mol. The third-order valence-electron chi connectivity index (χ3n) is 2.91. The van der Waals surface area contributed by atoms with Crippen LogP contribution in [0.4, 0.5) is 0 Å². The summed E-state index contributed by atoms with van der Waals surface area (Å²) < 4.78 is 5.73. The van der Waals surface area contributed by atoms with Crippen LogP contribution >= 0.6 is 11.8 Å². The van der Waals surface area contributed by atoms with E-state index in [1.807, 2.05) is 30.3 Å². The number of nitrogens with two attached hydrogens (primary N) is 1. The highest BCUT2D eigenvalue weighted by Gasteiger charge is 2.28. The molecule has 4 nitrogen and oxygen atoms in total. The van der Waals surface area contributed by atoms with Crippen LogP contribution in [0.2, 0.25) is 0 Å². The van der Waals surface area contributed by atoms with E-state index < -0.39 is 0 Å². The van der Waals surface area contributed by atoms with Crippen LogP contribution in [-0.4, -0.2) is 21.8 Å². The van der Waals surface area contributed by atoms with E-state index in [-0.39, 0.29) is 11.3 Å². The van der Waals surface area contributed by atoms with Gasteiger partial charge in [0.25, 0.3) is 0 Å². The second-order valence-corrected chi connectivity index (χ2v) is 5.34. The summed E-state index contributed by atoms with van der Waals surface area (Å²) in [4.78, 5) is 8.11. The number of para-hydroxylation sites is 1. The fourth-order valence-electron chi connectivity index (χ4n) is 1.97. The fraction of sp³-hybridized carbons (Fsp3) is 0.231. The Labute approximate surface area is 110 Å². The van der Waals surface area contributed by atoms with Crippen molar-refractivity contribution in [3.8, 4) is 5.75 Å². The Morgan fingerprint density at radius 2 is 2.17 bits per heavy atom. The number of thioether (sulfide) groups is 1. The molecule has 2 aromatic rings. The van der Waals surface area contributed by atoms with Crippen molar-refractivity contribution in [2.24, 2.45) is 5.73 Å². The molecule has 1 aromatic heterocycles. The Morgan fingerprint density at radius 1 is 1.28 bits per heavy atom. The first-order valence-corrected chi connectivity index (χ1v) is 6.62. The molecule has 2 atom stereocenters. The van der Waals surface area contributed by atoms with Crippen LogP contribution in [0.3, 0.4) is 0 Å². The van der Waals surface area contributed by atoms with Gasteiger partial charge in [-0.25, -0.2) is 9.97 Å². The predicted octanol–water partition coefficient (Wildman–Crippen LogP) is 2.03. The number of fused-ring (bicyclic) bond motifs is 1. The van der Waals surface area contributed by atoms with Crippen molar-refractivity contribution >= 4 is 11.8 Å². The quantitative estimate of drug-likeness (QED) is 0.836. The zero-order valence-corrected chi connectivity index (χ0v) is 10.5. The molecule has 2 heterocycles. The summed E-state index contributed by atoms with van der Waals surface area (Å²) in [6.07, 6.45) is 3.28. The third-order valence-corrected chi connectivity index (χ3v) is 4.12. The number of benzene rings is 1. The minimum Gasteiger partial charge on any atom is -0.492 e. The summed E-state index contributed by atoms with van der Waals surface area (Å²) in [5.74, 6) is 0.893. The molecule has 0 saturated heterocycles. The van der Waals surface area contributed by atoms with Crippen molar-refractivity contribution in [1.82, 2.24) is 9.97 Å². The van der Waals surface area contributed by atoms with Crippen LogP contribution in [0.15, 0.2) is 47.9 Å². The highest BCUT2D eigenvalue weighted by atomic mass is 32.2. The van der Waals surface area contributed by atoms with Gasteiger partial charge in [-0.1, -0.05) is 30.0 Å². The fourth-order valence-corrected chi connectivity index (χ4v) is 2.96. The van der Waals surface area contributed by atoms with Gasteiger partial charge >= 0.3 is 0 Å². The van der Waals surface area contributed by atoms with E-state index in [1.165, 1.54) is 0 Å². The molecule has 1 aromatic carbocycles. The van der Waals surface area contributed by atoms with Gasteiger partial charge in [-0.05, 0) is 12.1 Å². The molecule has 0 aliphatic carbocycles. The van der Waals surface area contributed by atoms with E-state index in [0.717, 1.165) is 16.3 Å². The molecule has 1 aliphatic rings. The van der Waals surface area contributed by atoms with Gasteiger partial charge in [0.15, 0.2) is 0 Å². The molecule has 5 heteroatoms. The standard InChI is InChI=1S/C13H13N3OS/c14-13-9-3-1-2-4-10(9)17-7-11(13)18-12-5-6-15-8-16-12/h1-6,8,11,13H,7,14H2. The lowest BCUT2D eigenvalue weighted by Gasteiger charge is -2.30. The molecule has 2 unspecified atom stereocenters. The second-order valence-electron chi connectivity index (χ2n) is 4.08. The maximum atomic E-state index is 6.29. The maximum Gasteiger partial charge on any atom is 0.124 e. The first-order chi connectivity index (χ1) is 8.84. The largest absolute Gasteiger partial charge is 0.492 e. The Hall–Kier alpha value is -1.59. The summed E-state index contributed by atoms with van der Waals surface area (Å²) >= 11 is 1.64. The van der Waals surface area contributed by atoms with Crippen molar-refractivity contribution in [2.45, 2.75) is 16.3 Å². The predicted molar refractivity (Wildman–Crippen MR) is 70.5 cm³/mol. The monoisotopic (exact) mass is 259 g/mol. The lowest BCUT2D eigenvalue weighted by Crippen LogP contribution is -2.33. The highest BCUT2D eigenvalue weighted by Crippen LogP contribution is 2.37. The minimum atomic E-state index is -0.0325.